The Kier molecular flexibility index (Phi) is 5.99. The Morgan fingerprint density at radius 1 is 1.23 bits per heavy atom. The van der Waals surface area contributed by atoms with Crippen LogP contribution in [0.25, 0.3) is 0 Å². The molecule has 1 fully saturated rings. The third kappa shape index (κ3) is 4.31. The molecule has 7 nitrogen and oxygen atoms in total. The number of nitrogens with zero attached hydrogens (tertiary/aromatic N) is 2. The number of aryl methyl sites for hydroxylation is 1. The molecule has 0 saturated heterocycles. The van der Waals surface area contributed by atoms with Gasteiger partial charge in [0.2, 0.25) is 5.91 Å². The number of carboxylic acids is 1. The van der Waals surface area contributed by atoms with E-state index in [9.17, 15) is 9.59 Å². The van der Waals surface area contributed by atoms with Crippen molar-refractivity contribution in [1.29, 1.82) is 0 Å². The number of hydrogen-bond donors (Lipinski definition) is 2. The number of fused-ring (bicyclic) bond motifs is 2. The molecule has 1 aliphatic heterocycles. The first-order valence-electron chi connectivity index (χ1n) is 10.4. The normalized spacial score (nSPS) is 20.5. The second-order valence-corrected chi connectivity index (χ2v) is 8.02. The number of hydrogen-bond acceptors (Lipinski definition) is 5. The molecular weight excluding hydrogens is 382 g/mol. The van der Waals surface area contributed by atoms with Crippen molar-refractivity contribution in [3.8, 4) is 0 Å². The van der Waals surface area contributed by atoms with E-state index < -0.39 is 5.97 Å². The highest BCUT2D eigenvalue weighted by molar-refractivity contribution is 5.99. The summed E-state index contributed by atoms with van der Waals surface area (Å²) in [6.07, 6.45) is 5.86. The fourth-order valence-electron chi connectivity index (χ4n) is 4.34. The molecule has 30 heavy (non-hydrogen) atoms. The third-order valence-electron chi connectivity index (χ3n) is 6.08. The van der Waals surface area contributed by atoms with Crippen LogP contribution in [0.4, 0.5) is 17.2 Å². The molecule has 158 valence electrons. The van der Waals surface area contributed by atoms with E-state index in [2.05, 4.69) is 10.3 Å². The number of aliphatic carboxylic acids is 1. The van der Waals surface area contributed by atoms with Crippen molar-refractivity contribution < 1.29 is 19.4 Å². The van der Waals surface area contributed by atoms with Gasteiger partial charge in [-0.15, -0.1) is 0 Å². The number of nitrogens with one attached hydrogen (secondary N) is 1. The zero-order valence-electron chi connectivity index (χ0n) is 17.1. The first kappa shape index (κ1) is 20.3. The van der Waals surface area contributed by atoms with Gasteiger partial charge < -0.3 is 20.1 Å². The summed E-state index contributed by atoms with van der Waals surface area (Å²) in [5.74, 6) is -0.0113. The van der Waals surface area contributed by atoms with E-state index in [-0.39, 0.29) is 24.3 Å². The molecule has 1 saturated carbocycles. The second kappa shape index (κ2) is 8.83. The highest BCUT2D eigenvalue weighted by Gasteiger charge is 2.32. The van der Waals surface area contributed by atoms with E-state index in [1.54, 1.807) is 13.3 Å². The van der Waals surface area contributed by atoms with Crippen molar-refractivity contribution in [2.45, 2.75) is 51.2 Å². The monoisotopic (exact) mass is 409 g/mol. The quantitative estimate of drug-likeness (QED) is 0.778. The minimum atomic E-state index is -0.831. The van der Waals surface area contributed by atoms with E-state index >= 15 is 0 Å². The molecule has 4 rings (SSSR count). The smallest absolute Gasteiger partial charge is 0.303 e. The van der Waals surface area contributed by atoms with Crippen LogP contribution in [0.5, 0.6) is 0 Å². The summed E-state index contributed by atoms with van der Waals surface area (Å²) in [6, 6.07) is 9.62. The van der Waals surface area contributed by atoms with Gasteiger partial charge in [0.25, 0.3) is 0 Å². The van der Waals surface area contributed by atoms with Crippen LogP contribution in [0.15, 0.2) is 36.5 Å². The summed E-state index contributed by atoms with van der Waals surface area (Å²) in [5, 5.41) is 12.4. The molecular formula is C23H27N3O4. The first-order chi connectivity index (χ1) is 14.5. The van der Waals surface area contributed by atoms with E-state index in [0.29, 0.717) is 13.0 Å². The summed E-state index contributed by atoms with van der Waals surface area (Å²) < 4.78 is 5.46. The lowest BCUT2D eigenvalue weighted by Gasteiger charge is -2.32. The largest absolute Gasteiger partial charge is 0.481 e. The van der Waals surface area contributed by atoms with Crippen molar-refractivity contribution in [2.24, 2.45) is 5.92 Å². The number of aromatic nitrogens is 1. The van der Waals surface area contributed by atoms with Gasteiger partial charge in [0.05, 0.1) is 24.0 Å². The molecule has 2 aromatic rings. The first-order valence-corrected chi connectivity index (χ1v) is 10.4. The van der Waals surface area contributed by atoms with E-state index in [0.717, 1.165) is 54.0 Å². The molecule has 0 radical (unpaired) electrons. The minimum Gasteiger partial charge on any atom is -0.481 e. The average molecular weight is 409 g/mol. The predicted molar refractivity (Wildman–Crippen MR) is 114 cm³/mol. The number of rotatable bonds is 5. The maximum atomic E-state index is 13.6. The van der Waals surface area contributed by atoms with Gasteiger partial charge >= 0.3 is 5.97 Å². The lowest BCUT2D eigenvalue weighted by atomic mass is 9.86. The predicted octanol–water partition coefficient (Wildman–Crippen LogP) is 3.89. The number of benzene rings is 1. The van der Waals surface area contributed by atoms with Crippen molar-refractivity contribution in [3.05, 3.63) is 47.7 Å². The van der Waals surface area contributed by atoms with Crippen molar-refractivity contribution in [3.63, 3.8) is 0 Å². The number of ether oxygens (including phenoxy) is 1. The highest BCUT2D eigenvalue weighted by Crippen LogP contribution is 2.38. The number of carboxylic acid groups (broad SMARTS) is 1. The molecule has 1 amide bonds. The molecule has 2 aliphatic rings. The van der Waals surface area contributed by atoms with Crippen LogP contribution in [0, 0.1) is 5.92 Å². The van der Waals surface area contributed by atoms with Gasteiger partial charge in [0.15, 0.2) is 0 Å². The van der Waals surface area contributed by atoms with E-state index in [4.69, 9.17) is 9.84 Å². The van der Waals surface area contributed by atoms with Gasteiger partial charge in [-0.1, -0.05) is 12.1 Å². The van der Waals surface area contributed by atoms with E-state index in [1.165, 1.54) is 0 Å². The number of anilines is 3. The lowest BCUT2D eigenvalue weighted by Crippen LogP contribution is -2.38. The molecule has 2 heterocycles. The third-order valence-corrected chi connectivity index (χ3v) is 6.08. The van der Waals surface area contributed by atoms with Crippen LogP contribution in [-0.2, 0) is 27.3 Å². The molecule has 0 atom stereocenters. The molecule has 0 unspecified atom stereocenters. The van der Waals surface area contributed by atoms with Gasteiger partial charge in [0.1, 0.15) is 5.82 Å². The van der Waals surface area contributed by atoms with Crippen LogP contribution in [0.3, 0.4) is 0 Å². The summed E-state index contributed by atoms with van der Waals surface area (Å²) >= 11 is 0. The fourth-order valence-corrected chi connectivity index (χ4v) is 4.34. The summed E-state index contributed by atoms with van der Waals surface area (Å²) in [5.41, 5.74) is 3.46. The Labute approximate surface area is 176 Å². The summed E-state index contributed by atoms with van der Waals surface area (Å²) in [6.45, 7) is 0.439. The number of amides is 1. The number of pyridine rings is 1. The number of carbonyl (C=O) groups excluding carboxylic acids is 1. The maximum Gasteiger partial charge on any atom is 0.303 e. The standard InChI is InChI=1S/C23H27N3O4/c1-30-18-8-6-16(7-9-18)23(29)26-14-17-3-2-12-24-22(17)25-19-10-4-15(13-20(19)26)5-11-21(27)28/h2-4,10,12-13,16,18H,5-9,11,14H2,1H3,(H,24,25)(H,27,28). The second-order valence-electron chi connectivity index (χ2n) is 8.02. The topological polar surface area (TPSA) is 91.8 Å². The van der Waals surface area contributed by atoms with Crippen LogP contribution < -0.4 is 10.2 Å². The van der Waals surface area contributed by atoms with Crippen molar-refractivity contribution in [2.75, 3.05) is 17.3 Å². The SMILES string of the molecule is COC1CCC(C(=O)N2Cc3cccnc3Nc3ccc(CCC(=O)O)cc32)CC1. The van der Waals surface area contributed by atoms with Crippen molar-refractivity contribution >= 4 is 29.1 Å². The fraction of sp³-hybridized carbons (Fsp3) is 0.435. The van der Waals surface area contributed by atoms with Crippen LogP contribution in [0.1, 0.15) is 43.2 Å². The molecule has 7 heteroatoms. The Hall–Kier alpha value is -2.93. The Morgan fingerprint density at radius 3 is 2.77 bits per heavy atom. The Bertz CT molecular complexity index is 938. The Morgan fingerprint density at radius 2 is 2.03 bits per heavy atom. The van der Waals surface area contributed by atoms with E-state index in [1.807, 2.05) is 35.2 Å². The minimum absolute atomic E-state index is 0.0369. The maximum absolute atomic E-state index is 13.6. The summed E-state index contributed by atoms with van der Waals surface area (Å²) in [4.78, 5) is 30.9. The Balaban J connectivity index is 1.66. The molecule has 1 aromatic carbocycles. The molecule has 0 spiro atoms. The molecule has 1 aliphatic carbocycles. The summed E-state index contributed by atoms with van der Waals surface area (Å²) in [7, 11) is 1.73. The zero-order valence-corrected chi connectivity index (χ0v) is 17.1. The van der Waals surface area contributed by atoms with Gasteiger partial charge in [-0.05, 0) is 55.9 Å². The number of carbonyl (C=O) groups is 2. The van der Waals surface area contributed by atoms with Gasteiger partial charge in [0, 0.05) is 31.2 Å². The number of methoxy groups -OCH3 is 1. The molecule has 1 aromatic heterocycles. The molecule has 2 N–H and O–H groups in total. The van der Waals surface area contributed by atoms with Crippen LogP contribution >= 0.6 is 0 Å². The lowest BCUT2D eigenvalue weighted by molar-refractivity contribution is -0.137. The van der Waals surface area contributed by atoms with Gasteiger partial charge in [-0.3, -0.25) is 9.59 Å². The van der Waals surface area contributed by atoms with Crippen LogP contribution in [0.2, 0.25) is 0 Å². The van der Waals surface area contributed by atoms with Crippen LogP contribution in [-0.4, -0.2) is 35.2 Å². The highest BCUT2D eigenvalue weighted by atomic mass is 16.5. The average Bonchev–Trinajstić information content (AvgIpc) is 2.93. The zero-order chi connectivity index (χ0) is 21.1. The molecule has 0 bridgehead atoms. The van der Waals surface area contributed by atoms with Gasteiger partial charge in [-0.25, -0.2) is 4.98 Å². The van der Waals surface area contributed by atoms with Gasteiger partial charge in [-0.2, -0.15) is 0 Å². The van der Waals surface area contributed by atoms with Crippen molar-refractivity contribution in [1.82, 2.24) is 4.98 Å².